The first-order valence-corrected chi connectivity index (χ1v) is 15.0. The fraction of sp³-hybridized carbons (Fsp3) is 0.852. The average molecular weight is 561 g/mol. The summed E-state index contributed by atoms with van der Waals surface area (Å²) in [4.78, 5) is 51.6. The summed E-state index contributed by atoms with van der Waals surface area (Å²) < 4.78 is 62.6. The molecule has 4 aliphatic carbocycles. The summed E-state index contributed by atoms with van der Waals surface area (Å²) in [5, 5.41) is -4.63. The molecule has 0 aromatic carbocycles. The highest BCUT2D eigenvalue weighted by Crippen LogP contribution is 2.66. The average Bonchev–Trinajstić information content (AvgIpc) is 3.17. The van der Waals surface area contributed by atoms with Crippen molar-refractivity contribution < 1.29 is 45.7 Å². The SMILES string of the molecule is CC(CCC(=O)OC(C)C(F)(F)S(=O)(=O)O)C1CC[C@H]2[C@@H]3C(=O)C[C@@H]4CC(=O)CC[C@]4(C)[C@H]3CC(=O)[C@]12C. The number of esters is 1. The van der Waals surface area contributed by atoms with Crippen molar-refractivity contribution in [3.63, 3.8) is 0 Å². The number of halogens is 2. The molecule has 0 radical (unpaired) electrons. The van der Waals surface area contributed by atoms with Crippen molar-refractivity contribution in [1.29, 1.82) is 0 Å². The van der Waals surface area contributed by atoms with Crippen molar-refractivity contribution in [2.45, 2.75) is 96.8 Å². The standard InChI is InChI=1S/C27H38F2O8S/c1-14(5-8-23(33)37-15(2)27(28,29)38(34,35)36)18-6-7-19-24-20(13-22(32)26(18,19)4)25(3)10-9-17(30)11-16(25)12-21(24)31/h14-16,18-20,24H,5-13H2,1-4H3,(H,34,35,36)/t14?,15?,16-,18?,19-,20-,24-,25-,26+/m0/s1. The van der Waals surface area contributed by atoms with E-state index in [1.54, 1.807) is 0 Å². The van der Waals surface area contributed by atoms with Crippen LogP contribution in [0.1, 0.15) is 85.5 Å². The van der Waals surface area contributed by atoms with Gasteiger partial charge >= 0.3 is 21.3 Å². The molecule has 0 saturated heterocycles. The van der Waals surface area contributed by atoms with Crippen LogP contribution < -0.4 is 0 Å². The zero-order chi connectivity index (χ0) is 28.4. The lowest BCUT2D eigenvalue weighted by Gasteiger charge is -2.58. The van der Waals surface area contributed by atoms with Crippen LogP contribution in [-0.4, -0.2) is 47.6 Å². The highest BCUT2D eigenvalue weighted by molar-refractivity contribution is 7.86. The van der Waals surface area contributed by atoms with Gasteiger partial charge in [0.05, 0.1) is 0 Å². The van der Waals surface area contributed by atoms with E-state index in [2.05, 4.69) is 11.7 Å². The molecule has 1 N–H and O–H groups in total. The molecule has 8 nitrogen and oxygen atoms in total. The van der Waals surface area contributed by atoms with Crippen LogP contribution in [0.4, 0.5) is 8.78 Å². The Morgan fingerprint density at radius 1 is 1.11 bits per heavy atom. The molecule has 3 unspecified atom stereocenters. The summed E-state index contributed by atoms with van der Waals surface area (Å²) in [6.45, 7) is 6.68. The van der Waals surface area contributed by atoms with Crippen molar-refractivity contribution in [3.05, 3.63) is 0 Å². The molecule has 38 heavy (non-hydrogen) atoms. The Morgan fingerprint density at radius 2 is 1.76 bits per heavy atom. The minimum atomic E-state index is -5.74. The first kappa shape index (κ1) is 29.2. The number of ether oxygens (including phenoxy) is 1. The van der Waals surface area contributed by atoms with Gasteiger partial charge in [-0.1, -0.05) is 20.8 Å². The third-order valence-electron chi connectivity index (χ3n) is 10.8. The van der Waals surface area contributed by atoms with E-state index in [9.17, 15) is 36.4 Å². The van der Waals surface area contributed by atoms with E-state index in [-0.39, 0.29) is 71.1 Å². The lowest BCUT2D eigenvalue weighted by atomic mass is 9.44. The number of ketones is 3. The van der Waals surface area contributed by atoms with Gasteiger partial charge in [0.2, 0.25) is 0 Å². The van der Waals surface area contributed by atoms with Gasteiger partial charge in [-0.2, -0.15) is 17.2 Å². The minimum Gasteiger partial charge on any atom is -0.455 e. The number of Topliss-reactive ketones (excluding diaryl/α,β-unsaturated/α-hetero) is 3. The lowest BCUT2D eigenvalue weighted by molar-refractivity contribution is -0.166. The smallest absolute Gasteiger partial charge is 0.405 e. The van der Waals surface area contributed by atoms with Crippen molar-refractivity contribution in [3.8, 4) is 0 Å². The Bertz CT molecular complexity index is 1140. The zero-order valence-electron chi connectivity index (χ0n) is 22.4. The number of carbonyl (C=O) groups excluding carboxylic acids is 4. The number of hydrogen-bond donors (Lipinski definition) is 1. The van der Waals surface area contributed by atoms with Gasteiger partial charge in [-0.25, -0.2) is 0 Å². The summed E-state index contributed by atoms with van der Waals surface area (Å²) in [6.07, 6.45) is 1.34. The molecule has 0 aromatic heterocycles. The second-order valence-electron chi connectivity index (χ2n) is 12.6. The molecule has 4 fully saturated rings. The van der Waals surface area contributed by atoms with E-state index in [4.69, 9.17) is 4.55 Å². The second-order valence-corrected chi connectivity index (χ2v) is 14.1. The Hall–Kier alpha value is -1.75. The van der Waals surface area contributed by atoms with Gasteiger partial charge in [0.15, 0.2) is 6.10 Å². The normalized spacial score (nSPS) is 39.1. The molecule has 0 aromatic rings. The van der Waals surface area contributed by atoms with Gasteiger partial charge in [0.25, 0.3) is 0 Å². The summed E-state index contributed by atoms with van der Waals surface area (Å²) in [6, 6.07) is 0. The van der Waals surface area contributed by atoms with E-state index < -0.39 is 32.9 Å². The molecule has 4 rings (SSSR count). The van der Waals surface area contributed by atoms with Crippen molar-refractivity contribution in [2.24, 2.45) is 46.3 Å². The van der Waals surface area contributed by atoms with Crippen LogP contribution in [0.3, 0.4) is 0 Å². The predicted octanol–water partition coefficient (Wildman–Crippen LogP) is 4.40. The third kappa shape index (κ3) is 4.55. The molecule has 214 valence electrons. The first-order chi connectivity index (χ1) is 17.4. The van der Waals surface area contributed by atoms with E-state index in [1.807, 2.05) is 13.8 Å². The fourth-order valence-corrected chi connectivity index (χ4v) is 8.94. The number of rotatable bonds is 7. The van der Waals surface area contributed by atoms with E-state index in [1.165, 1.54) is 0 Å². The van der Waals surface area contributed by atoms with Crippen molar-refractivity contribution >= 4 is 33.4 Å². The highest BCUT2D eigenvalue weighted by Gasteiger charge is 2.66. The highest BCUT2D eigenvalue weighted by atomic mass is 32.2. The quantitative estimate of drug-likeness (QED) is 0.358. The summed E-state index contributed by atoms with van der Waals surface area (Å²) in [5.74, 6) is -1.21. The molecule has 11 heteroatoms. The van der Waals surface area contributed by atoms with Crippen molar-refractivity contribution in [2.75, 3.05) is 0 Å². The van der Waals surface area contributed by atoms with Crippen LogP contribution in [-0.2, 0) is 34.0 Å². The van der Waals surface area contributed by atoms with Crippen LogP contribution in [0.25, 0.3) is 0 Å². The Kier molecular flexibility index (Phi) is 7.47. The summed E-state index contributed by atoms with van der Waals surface area (Å²) >= 11 is 0. The molecule has 0 aliphatic heterocycles. The van der Waals surface area contributed by atoms with Crippen LogP contribution in [0.15, 0.2) is 0 Å². The van der Waals surface area contributed by atoms with Gasteiger partial charge in [-0.05, 0) is 67.6 Å². The Balaban J connectivity index is 1.45. The molecule has 0 heterocycles. The van der Waals surface area contributed by atoms with Gasteiger partial charge in [0, 0.05) is 43.4 Å². The summed E-state index contributed by atoms with van der Waals surface area (Å²) in [5.41, 5.74) is -0.948. The maximum atomic E-state index is 13.8. The summed E-state index contributed by atoms with van der Waals surface area (Å²) in [7, 11) is -5.74. The molecule has 4 aliphatic rings. The van der Waals surface area contributed by atoms with E-state index in [0.717, 1.165) is 0 Å². The molecular formula is C27H38F2O8S. The Morgan fingerprint density at radius 3 is 2.39 bits per heavy atom. The number of hydrogen-bond acceptors (Lipinski definition) is 7. The van der Waals surface area contributed by atoms with E-state index >= 15 is 0 Å². The topological polar surface area (TPSA) is 132 Å². The largest absolute Gasteiger partial charge is 0.455 e. The first-order valence-electron chi connectivity index (χ1n) is 13.6. The molecule has 0 spiro atoms. The van der Waals surface area contributed by atoms with Crippen LogP contribution in [0.5, 0.6) is 0 Å². The molecule has 0 amide bonds. The van der Waals surface area contributed by atoms with E-state index in [0.29, 0.717) is 51.9 Å². The molecular weight excluding hydrogens is 522 g/mol. The van der Waals surface area contributed by atoms with Crippen molar-refractivity contribution in [1.82, 2.24) is 0 Å². The van der Waals surface area contributed by atoms with Gasteiger partial charge in [0.1, 0.15) is 17.3 Å². The van der Waals surface area contributed by atoms with Gasteiger partial charge in [-0.3, -0.25) is 23.7 Å². The molecule has 0 bridgehead atoms. The zero-order valence-corrected chi connectivity index (χ0v) is 23.2. The Labute approximate surface area is 222 Å². The van der Waals surface area contributed by atoms with Gasteiger partial charge < -0.3 is 4.74 Å². The number of carbonyl (C=O) groups is 4. The van der Waals surface area contributed by atoms with Crippen LogP contribution in [0, 0.1) is 46.3 Å². The molecule has 4 saturated carbocycles. The third-order valence-corrected chi connectivity index (χ3v) is 11.9. The van der Waals surface area contributed by atoms with Crippen LogP contribution in [0.2, 0.25) is 0 Å². The number of fused-ring (bicyclic) bond motifs is 5. The maximum absolute atomic E-state index is 13.8. The maximum Gasteiger partial charge on any atom is 0.405 e. The second kappa shape index (κ2) is 9.71. The fourth-order valence-electron chi connectivity index (χ4n) is 8.47. The minimum absolute atomic E-state index is 0.00705. The van der Waals surface area contributed by atoms with Gasteiger partial charge in [-0.15, -0.1) is 0 Å². The predicted molar refractivity (Wildman–Crippen MR) is 131 cm³/mol. The van der Waals surface area contributed by atoms with Crippen LogP contribution >= 0.6 is 0 Å². The number of alkyl halides is 2. The monoisotopic (exact) mass is 560 g/mol. The molecule has 9 atom stereocenters. The lowest BCUT2D eigenvalue weighted by Crippen LogP contribution is -2.60.